The number of allylic oxidation sites excluding steroid dienone is 2. The van der Waals surface area contributed by atoms with Crippen molar-refractivity contribution in [3.63, 3.8) is 0 Å². The molecule has 0 N–H and O–H groups in total. The van der Waals surface area contributed by atoms with Crippen LogP contribution in [-0.4, -0.2) is 18.4 Å². The summed E-state index contributed by atoms with van der Waals surface area (Å²) in [4.78, 5) is 24.5. The summed E-state index contributed by atoms with van der Waals surface area (Å²) in [6.07, 6.45) is 14.3. The molecular formula is C32H50O3. The molecule has 0 spiro atoms. The van der Waals surface area contributed by atoms with Crippen LogP contribution in [0, 0.1) is 56.7 Å². The molecule has 0 aromatic heterocycles. The van der Waals surface area contributed by atoms with Gasteiger partial charge in [-0.3, -0.25) is 4.79 Å². The number of rotatable bonds is 2. The Morgan fingerprint density at radius 1 is 0.943 bits per heavy atom. The third-order valence-electron chi connectivity index (χ3n) is 13.5. The monoisotopic (exact) mass is 482 g/mol. The number of ether oxygens (including phenoxy) is 1. The van der Waals surface area contributed by atoms with Crippen LogP contribution in [-0.2, 0) is 14.3 Å². The SMILES string of the molecule is CC(=O)OC1CCC2(C)C(CCC3(C)C2CC=C2C4C(C)C(C)CCC4(C=O)CCC23C)C1(C)C. The van der Waals surface area contributed by atoms with Gasteiger partial charge >= 0.3 is 5.97 Å². The van der Waals surface area contributed by atoms with E-state index in [2.05, 4.69) is 54.5 Å². The highest BCUT2D eigenvalue weighted by Crippen LogP contribution is 2.75. The van der Waals surface area contributed by atoms with Gasteiger partial charge < -0.3 is 9.53 Å². The van der Waals surface area contributed by atoms with Gasteiger partial charge in [0, 0.05) is 17.8 Å². The molecule has 5 aliphatic carbocycles. The van der Waals surface area contributed by atoms with Crippen molar-refractivity contribution in [2.24, 2.45) is 56.7 Å². The second-order valence-electron chi connectivity index (χ2n) is 15.0. The first kappa shape index (κ1) is 25.5. The number of carbonyl (C=O) groups excluding carboxylic acids is 2. The Morgan fingerprint density at radius 3 is 2.31 bits per heavy atom. The normalized spacial score (nSPS) is 52.6. The van der Waals surface area contributed by atoms with Gasteiger partial charge in [0.05, 0.1) is 0 Å². The highest BCUT2D eigenvalue weighted by atomic mass is 16.5. The van der Waals surface area contributed by atoms with Crippen LogP contribution >= 0.6 is 0 Å². The number of carbonyl (C=O) groups is 2. The molecule has 4 saturated carbocycles. The predicted octanol–water partition coefficient (Wildman–Crippen LogP) is 7.77. The molecule has 3 nitrogen and oxygen atoms in total. The van der Waals surface area contributed by atoms with Crippen molar-refractivity contribution in [1.82, 2.24) is 0 Å². The molecule has 10 atom stereocenters. The Bertz CT molecular complexity index is 933. The lowest BCUT2D eigenvalue weighted by Gasteiger charge is -2.71. The molecule has 0 saturated heterocycles. The average Bonchev–Trinajstić information content (AvgIpc) is 2.78. The van der Waals surface area contributed by atoms with Crippen molar-refractivity contribution in [3.8, 4) is 0 Å². The van der Waals surface area contributed by atoms with Crippen LogP contribution in [0.15, 0.2) is 11.6 Å². The zero-order chi connectivity index (χ0) is 25.6. The van der Waals surface area contributed by atoms with Crippen LogP contribution in [0.4, 0.5) is 0 Å². The molecule has 0 aliphatic heterocycles. The molecule has 0 heterocycles. The quantitative estimate of drug-likeness (QED) is 0.229. The van der Waals surface area contributed by atoms with Gasteiger partial charge in [-0.05, 0) is 104 Å². The zero-order valence-electron chi connectivity index (χ0n) is 23.7. The summed E-state index contributed by atoms with van der Waals surface area (Å²) in [5.41, 5.74) is 2.20. The predicted molar refractivity (Wildman–Crippen MR) is 141 cm³/mol. The molecule has 5 aliphatic rings. The second-order valence-corrected chi connectivity index (χ2v) is 15.0. The van der Waals surface area contributed by atoms with Gasteiger partial charge in [0.15, 0.2) is 0 Å². The summed E-state index contributed by atoms with van der Waals surface area (Å²) < 4.78 is 5.89. The fourth-order valence-electron chi connectivity index (χ4n) is 11.1. The molecule has 3 heteroatoms. The molecular weight excluding hydrogens is 432 g/mol. The smallest absolute Gasteiger partial charge is 0.302 e. The number of fused-ring (bicyclic) bond motifs is 7. The number of hydrogen-bond donors (Lipinski definition) is 0. The van der Waals surface area contributed by atoms with Gasteiger partial charge in [0.1, 0.15) is 12.4 Å². The maximum atomic E-state index is 12.7. The third kappa shape index (κ3) is 3.21. The Balaban J connectivity index is 1.55. The van der Waals surface area contributed by atoms with Crippen molar-refractivity contribution < 1.29 is 14.3 Å². The van der Waals surface area contributed by atoms with E-state index >= 15 is 0 Å². The minimum absolute atomic E-state index is 0.00253. The van der Waals surface area contributed by atoms with Crippen molar-refractivity contribution in [1.29, 1.82) is 0 Å². The van der Waals surface area contributed by atoms with Crippen molar-refractivity contribution in [3.05, 3.63) is 11.6 Å². The molecule has 4 fully saturated rings. The van der Waals surface area contributed by atoms with E-state index in [1.165, 1.54) is 25.5 Å². The highest BCUT2D eigenvalue weighted by molar-refractivity contribution is 5.66. The van der Waals surface area contributed by atoms with E-state index in [0.717, 1.165) is 38.5 Å². The molecule has 0 bridgehead atoms. The van der Waals surface area contributed by atoms with E-state index < -0.39 is 0 Å². The first-order valence-electron chi connectivity index (χ1n) is 14.6. The van der Waals surface area contributed by atoms with Gasteiger partial charge in [0.2, 0.25) is 0 Å². The summed E-state index contributed by atoms with van der Waals surface area (Å²) >= 11 is 0. The van der Waals surface area contributed by atoms with Crippen LogP contribution in [0.2, 0.25) is 0 Å². The number of aldehydes is 1. The van der Waals surface area contributed by atoms with Crippen molar-refractivity contribution in [2.75, 3.05) is 0 Å². The van der Waals surface area contributed by atoms with Crippen LogP contribution in [0.25, 0.3) is 0 Å². The summed E-state index contributed by atoms with van der Waals surface area (Å²) in [5, 5.41) is 0. The summed E-state index contributed by atoms with van der Waals surface area (Å²) in [5.74, 6) is 2.75. The first-order valence-corrected chi connectivity index (χ1v) is 14.6. The Labute approximate surface area is 214 Å². The Kier molecular flexibility index (Phi) is 5.79. The van der Waals surface area contributed by atoms with E-state index in [0.29, 0.717) is 29.6 Å². The van der Waals surface area contributed by atoms with Crippen molar-refractivity contribution >= 4 is 12.3 Å². The lowest BCUT2D eigenvalue weighted by Crippen LogP contribution is -2.65. The van der Waals surface area contributed by atoms with E-state index in [1.54, 1.807) is 12.5 Å². The number of esters is 1. The Hall–Kier alpha value is -1.12. The van der Waals surface area contributed by atoms with E-state index in [9.17, 15) is 9.59 Å². The third-order valence-corrected chi connectivity index (χ3v) is 13.5. The molecule has 0 aromatic rings. The fourth-order valence-corrected chi connectivity index (χ4v) is 11.1. The molecule has 0 aromatic carbocycles. The molecule has 5 rings (SSSR count). The minimum Gasteiger partial charge on any atom is -0.462 e. The number of hydrogen-bond acceptors (Lipinski definition) is 3. The van der Waals surface area contributed by atoms with E-state index in [-0.39, 0.29) is 39.1 Å². The molecule has 10 unspecified atom stereocenters. The van der Waals surface area contributed by atoms with Crippen molar-refractivity contribution in [2.45, 2.75) is 119 Å². The zero-order valence-corrected chi connectivity index (χ0v) is 23.7. The maximum Gasteiger partial charge on any atom is 0.302 e. The molecule has 35 heavy (non-hydrogen) atoms. The molecule has 0 radical (unpaired) electrons. The maximum absolute atomic E-state index is 12.7. The molecule has 0 amide bonds. The van der Waals surface area contributed by atoms with Gasteiger partial charge in [0.25, 0.3) is 0 Å². The highest BCUT2D eigenvalue weighted by Gasteiger charge is 2.68. The largest absolute Gasteiger partial charge is 0.462 e. The van der Waals surface area contributed by atoms with Gasteiger partial charge in [-0.25, -0.2) is 0 Å². The van der Waals surface area contributed by atoms with Crippen LogP contribution in [0.3, 0.4) is 0 Å². The fraction of sp³-hybridized carbons (Fsp3) is 0.875. The lowest BCUT2D eigenvalue weighted by atomic mass is 9.33. The van der Waals surface area contributed by atoms with Crippen LogP contribution in [0.5, 0.6) is 0 Å². The van der Waals surface area contributed by atoms with E-state index in [4.69, 9.17) is 4.74 Å². The van der Waals surface area contributed by atoms with Gasteiger partial charge in [-0.15, -0.1) is 0 Å². The Morgan fingerprint density at radius 2 is 1.66 bits per heavy atom. The van der Waals surface area contributed by atoms with Gasteiger partial charge in [-0.1, -0.05) is 60.1 Å². The van der Waals surface area contributed by atoms with Gasteiger partial charge in [-0.2, -0.15) is 0 Å². The summed E-state index contributed by atoms with van der Waals surface area (Å²) in [6, 6.07) is 0. The molecule has 196 valence electrons. The average molecular weight is 483 g/mol. The topological polar surface area (TPSA) is 43.4 Å². The second kappa shape index (κ2) is 7.94. The van der Waals surface area contributed by atoms with E-state index in [1.807, 2.05) is 0 Å². The standard InChI is InChI=1S/C32H50O3/c1-20-11-16-32(19-33)18-17-30(7)23(27(32)21(20)2)9-10-25-29(6)14-13-26(35-22(3)34)28(4,5)24(29)12-15-31(25,30)8/h9,19-21,24-27H,10-18H2,1-8H3. The minimum atomic E-state index is -0.137. The summed E-state index contributed by atoms with van der Waals surface area (Å²) in [7, 11) is 0. The first-order chi connectivity index (χ1) is 16.3. The summed E-state index contributed by atoms with van der Waals surface area (Å²) in [6.45, 7) is 18.9. The lowest BCUT2D eigenvalue weighted by molar-refractivity contribution is -0.212. The van der Waals surface area contributed by atoms with Crippen LogP contribution < -0.4 is 0 Å². The van der Waals surface area contributed by atoms with Crippen LogP contribution in [0.1, 0.15) is 113 Å².